The molecule has 0 aliphatic carbocycles. The van der Waals surface area contributed by atoms with Crippen molar-refractivity contribution in [1.82, 2.24) is 4.90 Å². The van der Waals surface area contributed by atoms with E-state index in [4.69, 9.17) is 10.00 Å². The molecule has 2 N–H and O–H groups in total. The third kappa shape index (κ3) is 6.46. The Balaban J connectivity index is 1.34. The van der Waals surface area contributed by atoms with E-state index < -0.39 is 18.0 Å². The molecule has 2 aromatic rings. The maximum Gasteiger partial charge on any atom is 0.573 e. The van der Waals surface area contributed by atoms with E-state index in [1.54, 1.807) is 36.4 Å². The first-order valence-corrected chi connectivity index (χ1v) is 11.6. The molecule has 0 bridgehead atoms. The molecule has 2 aliphatic rings. The van der Waals surface area contributed by atoms with Crippen molar-refractivity contribution in [3.63, 3.8) is 0 Å². The van der Waals surface area contributed by atoms with Gasteiger partial charge in [0.2, 0.25) is 5.91 Å². The maximum atomic E-state index is 12.6. The third-order valence-electron chi connectivity index (χ3n) is 6.48. The van der Waals surface area contributed by atoms with Crippen molar-refractivity contribution >= 4 is 17.3 Å². The number of hydrogen-bond acceptors (Lipinski definition) is 7. The highest BCUT2D eigenvalue weighted by molar-refractivity contribution is 5.91. The number of nitrogens with one attached hydrogen (secondary N) is 1. The summed E-state index contributed by atoms with van der Waals surface area (Å²) in [7, 11) is 0. The van der Waals surface area contributed by atoms with E-state index >= 15 is 0 Å². The Bertz CT molecular complexity index is 1090. The number of benzene rings is 2. The van der Waals surface area contributed by atoms with Crippen LogP contribution in [0.4, 0.5) is 24.5 Å². The van der Waals surface area contributed by atoms with Crippen LogP contribution in [0.3, 0.4) is 0 Å². The predicted octanol–water partition coefficient (Wildman–Crippen LogP) is 3.13. The van der Waals surface area contributed by atoms with Crippen molar-refractivity contribution in [3.8, 4) is 11.8 Å². The van der Waals surface area contributed by atoms with Gasteiger partial charge in [-0.2, -0.15) is 5.26 Å². The molecule has 8 nitrogen and oxygen atoms in total. The SMILES string of the molecule is N#Cc1ccc(NC(=O)CC(CO)N2CCOC3(CCN(c4ccc(OC(F)(F)F)cc4)C3)C2)cc1. The lowest BCUT2D eigenvalue weighted by molar-refractivity contribution is -0.274. The Morgan fingerprint density at radius 1 is 1.17 bits per heavy atom. The van der Waals surface area contributed by atoms with Gasteiger partial charge in [-0.25, -0.2) is 0 Å². The van der Waals surface area contributed by atoms with E-state index in [9.17, 15) is 23.1 Å². The van der Waals surface area contributed by atoms with Gasteiger partial charge in [0, 0.05) is 50.0 Å². The van der Waals surface area contributed by atoms with Gasteiger partial charge in [-0.3, -0.25) is 9.69 Å². The van der Waals surface area contributed by atoms with Crippen LogP contribution in [-0.2, 0) is 9.53 Å². The molecule has 11 heteroatoms. The summed E-state index contributed by atoms with van der Waals surface area (Å²) in [6.07, 6.45) is -3.93. The second-order valence-corrected chi connectivity index (χ2v) is 8.99. The average Bonchev–Trinajstić information content (AvgIpc) is 3.25. The highest BCUT2D eigenvalue weighted by Crippen LogP contribution is 2.34. The fourth-order valence-corrected chi connectivity index (χ4v) is 4.72. The monoisotopic (exact) mass is 504 g/mol. The van der Waals surface area contributed by atoms with Crippen LogP contribution in [0.15, 0.2) is 48.5 Å². The Labute approximate surface area is 206 Å². The Kier molecular flexibility index (Phi) is 7.68. The Hall–Kier alpha value is -3.33. The van der Waals surface area contributed by atoms with E-state index in [1.807, 2.05) is 11.0 Å². The summed E-state index contributed by atoms with van der Waals surface area (Å²) in [6, 6.07) is 13.9. The number of rotatable bonds is 7. The molecule has 2 fully saturated rings. The number of carbonyl (C=O) groups excluding carboxylic acids is 1. The molecule has 36 heavy (non-hydrogen) atoms. The number of anilines is 2. The molecule has 192 valence electrons. The fraction of sp³-hybridized carbons (Fsp3) is 0.440. The van der Waals surface area contributed by atoms with Crippen LogP contribution in [0.2, 0.25) is 0 Å². The molecule has 2 aliphatic heterocycles. The van der Waals surface area contributed by atoms with Crippen molar-refractivity contribution in [3.05, 3.63) is 54.1 Å². The van der Waals surface area contributed by atoms with Gasteiger partial charge in [0.05, 0.1) is 30.4 Å². The zero-order chi connectivity index (χ0) is 25.8. The van der Waals surface area contributed by atoms with Crippen molar-refractivity contribution in [2.24, 2.45) is 0 Å². The number of carbonyl (C=O) groups is 1. The van der Waals surface area contributed by atoms with Gasteiger partial charge >= 0.3 is 6.36 Å². The zero-order valence-electron chi connectivity index (χ0n) is 19.5. The van der Waals surface area contributed by atoms with Crippen molar-refractivity contribution in [2.45, 2.75) is 30.8 Å². The standard InChI is InChI=1S/C25H27F3N4O4/c26-25(27,28)36-22-7-5-20(6-8-22)31-10-9-24(16-31)17-32(11-12-35-24)21(15-33)13-23(34)30-19-3-1-18(14-29)2-4-19/h1-8,21,33H,9-13,15-17H2,(H,30,34). The van der Waals surface area contributed by atoms with E-state index in [1.165, 1.54) is 12.1 Å². The second-order valence-electron chi connectivity index (χ2n) is 8.99. The molecule has 4 rings (SSSR count). The molecule has 0 saturated carbocycles. The number of alkyl halides is 3. The van der Waals surface area contributed by atoms with E-state index in [2.05, 4.69) is 15.0 Å². The summed E-state index contributed by atoms with van der Waals surface area (Å²) >= 11 is 0. The van der Waals surface area contributed by atoms with Gasteiger partial charge in [0.15, 0.2) is 0 Å². The number of aliphatic hydroxyl groups is 1. The van der Waals surface area contributed by atoms with Crippen LogP contribution in [0.5, 0.6) is 5.75 Å². The van der Waals surface area contributed by atoms with Crippen molar-refractivity contribution in [2.75, 3.05) is 49.6 Å². The molecule has 2 unspecified atom stereocenters. The van der Waals surface area contributed by atoms with Gasteiger partial charge < -0.3 is 24.8 Å². The molecule has 2 saturated heterocycles. The number of halogens is 3. The summed E-state index contributed by atoms with van der Waals surface area (Å²) in [4.78, 5) is 16.7. The molecule has 0 radical (unpaired) electrons. The largest absolute Gasteiger partial charge is 0.573 e. The minimum absolute atomic E-state index is 0.0942. The molecule has 1 amide bonds. The van der Waals surface area contributed by atoms with Crippen LogP contribution in [0, 0.1) is 11.3 Å². The van der Waals surface area contributed by atoms with Crippen LogP contribution >= 0.6 is 0 Å². The Morgan fingerprint density at radius 2 is 1.89 bits per heavy atom. The zero-order valence-corrected chi connectivity index (χ0v) is 19.5. The summed E-state index contributed by atoms with van der Waals surface area (Å²) < 4.78 is 47.4. The maximum absolute atomic E-state index is 12.6. The smallest absolute Gasteiger partial charge is 0.406 e. The number of nitriles is 1. The minimum atomic E-state index is -4.74. The van der Waals surface area contributed by atoms with Crippen LogP contribution in [0.25, 0.3) is 0 Å². The topological polar surface area (TPSA) is 98.1 Å². The molecule has 2 heterocycles. The highest BCUT2D eigenvalue weighted by Gasteiger charge is 2.44. The molecular formula is C25H27F3N4O4. The molecule has 2 atom stereocenters. The van der Waals surface area contributed by atoms with Crippen molar-refractivity contribution in [1.29, 1.82) is 5.26 Å². The van der Waals surface area contributed by atoms with Gasteiger partial charge in [0.1, 0.15) is 5.75 Å². The predicted molar refractivity (Wildman–Crippen MR) is 125 cm³/mol. The first-order valence-electron chi connectivity index (χ1n) is 11.6. The van der Waals surface area contributed by atoms with E-state index in [0.717, 1.165) is 5.69 Å². The fourth-order valence-electron chi connectivity index (χ4n) is 4.72. The van der Waals surface area contributed by atoms with Gasteiger partial charge in [-0.05, 0) is 55.0 Å². The van der Waals surface area contributed by atoms with E-state index in [0.29, 0.717) is 50.5 Å². The molecular weight excluding hydrogens is 477 g/mol. The average molecular weight is 505 g/mol. The Morgan fingerprint density at radius 3 is 2.53 bits per heavy atom. The van der Waals surface area contributed by atoms with E-state index in [-0.39, 0.29) is 24.7 Å². The first kappa shape index (κ1) is 25.8. The number of morpholine rings is 1. The van der Waals surface area contributed by atoms with Gasteiger partial charge in [0.25, 0.3) is 0 Å². The normalized spacial score (nSPS) is 21.2. The first-order chi connectivity index (χ1) is 17.2. The van der Waals surface area contributed by atoms with Gasteiger partial charge in [-0.1, -0.05) is 0 Å². The highest BCUT2D eigenvalue weighted by atomic mass is 19.4. The number of ether oxygens (including phenoxy) is 2. The summed E-state index contributed by atoms with van der Waals surface area (Å²) in [5, 5.41) is 21.7. The van der Waals surface area contributed by atoms with Crippen LogP contribution < -0.4 is 15.0 Å². The number of nitrogens with zero attached hydrogens (tertiary/aromatic N) is 3. The summed E-state index contributed by atoms with van der Waals surface area (Å²) in [6.45, 7) is 2.55. The minimum Gasteiger partial charge on any atom is -0.406 e. The summed E-state index contributed by atoms with van der Waals surface area (Å²) in [5.41, 5.74) is 1.34. The molecule has 0 aromatic heterocycles. The van der Waals surface area contributed by atoms with Crippen molar-refractivity contribution < 1.29 is 32.5 Å². The summed E-state index contributed by atoms with van der Waals surface area (Å²) in [5.74, 6) is -0.515. The molecule has 1 spiro atoms. The van der Waals surface area contributed by atoms with Crippen LogP contribution in [-0.4, -0.2) is 73.3 Å². The number of aliphatic hydroxyl groups excluding tert-OH is 1. The van der Waals surface area contributed by atoms with Crippen LogP contribution in [0.1, 0.15) is 18.4 Å². The number of hydrogen-bond donors (Lipinski definition) is 2. The lowest BCUT2D eigenvalue weighted by Crippen LogP contribution is -2.57. The quantitative estimate of drug-likeness (QED) is 0.598. The number of amides is 1. The van der Waals surface area contributed by atoms with Gasteiger partial charge in [-0.15, -0.1) is 13.2 Å². The lowest BCUT2D eigenvalue weighted by Gasteiger charge is -2.43. The lowest BCUT2D eigenvalue weighted by atomic mass is 9.98. The second kappa shape index (κ2) is 10.7. The molecule has 2 aromatic carbocycles. The third-order valence-corrected chi connectivity index (χ3v) is 6.48.